The number of carbonyl (C=O) groups excluding carboxylic acids is 3. The van der Waals surface area contributed by atoms with Crippen LogP contribution in [0.2, 0.25) is 0 Å². The topological polar surface area (TPSA) is 84.3 Å². The molecule has 0 unspecified atom stereocenters. The van der Waals surface area contributed by atoms with Crippen molar-refractivity contribution in [3.05, 3.63) is 18.0 Å². The van der Waals surface area contributed by atoms with Crippen LogP contribution in [0.15, 0.2) is 12.3 Å². The minimum atomic E-state index is -1.15. The van der Waals surface area contributed by atoms with E-state index in [1.54, 1.807) is 37.8 Å². The minimum absolute atomic E-state index is 0.0700. The Bertz CT molecular complexity index is 560. The first-order valence-electron chi connectivity index (χ1n) is 6.60. The number of nitrogens with one attached hydrogen (secondary N) is 1. The summed E-state index contributed by atoms with van der Waals surface area (Å²) >= 11 is 0. The van der Waals surface area contributed by atoms with E-state index >= 15 is 0 Å². The maximum Gasteiger partial charge on any atom is 0.331 e. The second kappa shape index (κ2) is 5.07. The highest BCUT2D eigenvalue weighted by molar-refractivity contribution is 6.19. The molecule has 1 fully saturated rings. The van der Waals surface area contributed by atoms with Crippen molar-refractivity contribution in [1.29, 1.82) is 0 Å². The van der Waals surface area contributed by atoms with Crippen LogP contribution in [0.4, 0.5) is 4.79 Å². The molecule has 0 aliphatic carbocycles. The number of carbonyl (C=O) groups is 3. The number of rotatable bonds is 4. The molecule has 0 aromatic carbocycles. The highest BCUT2D eigenvalue weighted by atomic mass is 16.2. The molecule has 1 saturated heterocycles. The number of amides is 4. The largest absolute Gasteiger partial charge is 0.331 e. The summed E-state index contributed by atoms with van der Waals surface area (Å²) in [5.74, 6) is -0.948. The van der Waals surface area contributed by atoms with Crippen LogP contribution < -0.4 is 5.32 Å². The fraction of sp³-hybridized carbons (Fsp3) is 0.538. The molecule has 0 radical (unpaired) electrons. The van der Waals surface area contributed by atoms with Crippen molar-refractivity contribution in [3.63, 3.8) is 0 Å². The number of barbiturate groups is 1. The molecule has 7 nitrogen and oxygen atoms in total. The summed E-state index contributed by atoms with van der Waals surface area (Å²) < 4.78 is 1.60. The van der Waals surface area contributed by atoms with E-state index in [9.17, 15) is 14.4 Å². The quantitative estimate of drug-likeness (QED) is 0.826. The maximum atomic E-state index is 12.6. The Hall–Kier alpha value is -2.18. The predicted molar refractivity (Wildman–Crippen MR) is 70.3 cm³/mol. The van der Waals surface area contributed by atoms with E-state index in [0.717, 1.165) is 4.90 Å². The van der Waals surface area contributed by atoms with Gasteiger partial charge in [0.05, 0.1) is 12.2 Å². The zero-order valence-corrected chi connectivity index (χ0v) is 11.8. The Kier molecular flexibility index (Phi) is 3.61. The van der Waals surface area contributed by atoms with Gasteiger partial charge in [0, 0.05) is 13.2 Å². The van der Waals surface area contributed by atoms with E-state index in [1.807, 2.05) is 0 Å². The molecule has 1 aromatic rings. The Labute approximate surface area is 116 Å². The van der Waals surface area contributed by atoms with Gasteiger partial charge in [0.15, 0.2) is 0 Å². The number of hydrogen-bond acceptors (Lipinski definition) is 4. The molecule has 1 aliphatic heterocycles. The SMILES string of the molecule is CCC1(CC)C(=O)NC(=O)N(Cc2ccn(C)n2)C1=O. The van der Waals surface area contributed by atoms with Gasteiger partial charge in [0.1, 0.15) is 5.41 Å². The number of urea groups is 1. The molecular weight excluding hydrogens is 260 g/mol. The van der Waals surface area contributed by atoms with Crippen LogP contribution in [0.1, 0.15) is 32.4 Å². The lowest BCUT2D eigenvalue weighted by atomic mass is 9.78. The predicted octanol–water partition coefficient (Wildman–Crippen LogP) is 0.805. The Morgan fingerprint density at radius 1 is 1.25 bits per heavy atom. The Balaban J connectivity index is 2.30. The van der Waals surface area contributed by atoms with Crippen molar-refractivity contribution in [3.8, 4) is 0 Å². The van der Waals surface area contributed by atoms with Gasteiger partial charge in [0.25, 0.3) is 0 Å². The van der Waals surface area contributed by atoms with Crippen LogP contribution >= 0.6 is 0 Å². The van der Waals surface area contributed by atoms with E-state index in [-0.39, 0.29) is 6.54 Å². The highest BCUT2D eigenvalue weighted by Crippen LogP contribution is 2.32. The lowest BCUT2D eigenvalue weighted by Crippen LogP contribution is -2.63. The van der Waals surface area contributed by atoms with E-state index in [0.29, 0.717) is 18.5 Å². The molecule has 7 heteroatoms. The lowest BCUT2D eigenvalue weighted by molar-refractivity contribution is -0.152. The van der Waals surface area contributed by atoms with E-state index < -0.39 is 23.3 Å². The molecule has 20 heavy (non-hydrogen) atoms. The van der Waals surface area contributed by atoms with Gasteiger partial charge in [0.2, 0.25) is 11.8 Å². The van der Waals surface area contributed by atoms with Gasteiger partial charge < -0.3 is 0 Å². The van der Waals surface area contributed by atoms with Gasteiger partial charge in [-0.2, -0.15) is 5.10 Å². The molecule has 1 aliphatic rings. The average Bonchev–Trinajstić information content (AvgIpc) is 2.82. The zero-order chi connectivity index (χ0) is 14.9. The minimum Gasteiger partial charge on any atom is -0.277 e. The van der Waals surface area contributed by atoms with Crippen LogP contribution in [-0.2, 0) is 23.2 Å². The molecule has 0 spiro atoms. The Morgan fingerprint density at radius 3 is 2.40 bits per heavy atom. The summed E-state index contributed by atoms with van der Waals surface area (Å²) in [6, 6.07) is 1.06. The van der Waals surface area contributed by atoms with E-state index in [2.05, 4.69) is 10.4 Å². The second-order valence-electron chi connectivity index (χ2n) is 4.92. The van der Waals surface area contributed by atoms with Crippen molar-refractivity contribution in [1.82, 2.24) is 20.0 Å². The Morgan fingerprint density at radius 2 is 1.90 bits per heavy atom. The number of nitrogens with zero attached hydrogens (tertiary/aromatic N) is 3. The average molecular weight is 278 g/mol. The van der Waals surface area contributed by atoms with Crippen molar-refractivity contribution in [2.45, 2.75) is 33.2 Å². The van der Waals surface area contributed by atoms with Gasteiger partial charge in [-0.25, -0.2) is 4.79 Å². The zero-order valence-electron chi connectivity index (χ0n) is 11.8. The van der Waals surface area contributed by atoms with Gasteiger partial charge in [-0.15, -0.1) is 0 Å². The monoisotopic (exact) mass is 278 g/mol. The first-order valence-corrected chi connectivity index (χ1v) is 6.60. The van der Waals surface area contributed by atoms with Crippen LogP contribution in [0.3, 0.4) is 0 Å². The summed E-state index contributed by atoms with van der Waals surface area (Å²) in [5, 5.41) is 6.42. The lowest BCUT2D eigenvalue weighted by Gasteiger charge is -2.37. The third-order valence-electron chi connectivity index (χ3n) is 3.85. The molecule has 2 rings (SSSR count). The van der Waals surface area contributed by atoms with Crippen LogP contribution in [-0.4, -0.2) is 32.5 Å². The summed E-state index contributed by atoms with van der Waals surface area (Å²) in [4.78, 5) is 37.5. The second-order valence-corrected chi connectivity index (χ2v) is 4.92. The number of aromatic nitrogens is 2. The first-order chi connectivity index (χ1) is 9.44. The molecule has 2 heterocycles. The molecule has 0 bridgehead atoms. The third-order valence-corrected chi connectivity index (χ3v) is 3.85. The van der Waals surface area contributed by atoms with Crippen molar-refractivity contribution >= 4 is 17.8 Å². The fourth-order valence-corrected chi connectivity index (χ4v) is 2.46. The van der Waals surface area contributed by atoms with E-state index in [4.69, 9.17) is 0 Å². The van der Waals surface area contributed by atoms with Crippen LogP contribution in [0.5, 0.6) is 0 Å². The smallest absolute Gasteiger partial charge is 0.277 e. The van der Waals surface area contributed by atoms with Crippen molar-refractivity contribution in [2.24, 2.45) is 12.5 Å². The molecule has 1 N–H and O–H groups in total. The maximum absolute atomic E-state index is 12.6. The molecule has 0 saturated carbocycles. The summed E-state index contributed by atoms with van der Waals surface area (Å²) in [7, 11) is 1.76. The number of imide groups is 2. The molecule has 108 valence electrons. The highest BCUT2D eigenvalue weighted by Gasteiger charge is 2.51. The van der Waals surface area contributed by atoms with Crippen LogP contribution in [0.25, 0.3) is 0 Å². The number of hydrogen-bond donors (Lipinski definition) is 1. The van der Waals surface area contributed by atoms with Crippen molar-refractivity contribution < 1.29 is 14.4 Å². The van der Waals surface area contributed by atoms with Gasteiger partial charge in [-0.3, -0.25) is 24.5 Å². The molecular formula is C13H18N4O3. The molecule has 0 atom stereocenters. The van der Waals surface area contributed by atoms with E-state index in [1.165, 1.54) is 0 Å². The molecule has 1 aromatic heterocycles. The summed E-state index contributed by atoms with van der Waals surface area (Å²) in [6.07, 6.45) is 2.46. The van der Waals surface area contributed by atoms with Gasteiger partial charge in [-0.05, 0) is 18.9 Å². The number of aryl methyl sites for hydroxylation is 1. The standard InChI is InChI=1S/C13H18N4O3/c1-4-13(5-2)10(18)14-12(20)17(11(13)19)8-9-6-7-16(3)15-9/h6-7H,4-5,8H2,1-3H3,(H,14,18,20). The first kappa shape index (κ1) is 14.2. The normalized spacial score (nSPS) is 18.4. The summed E-state index contributed by atoms with van der Waals surface area (Å²) in [6.45, 7) is 3.62. The fourth-order valence-electron chi connectivity index (χ4n) is 2.46. The van der Waals surface area contributed by atoms with Gasteiger partial charge in [-0.1, -0.05) is 13.8 Å². The summed E-state index contributed by atoms with van der Waals surface area (Å²) in [5.41, 5.74) is -0.547. The van der Waals surface area contributed by atoms with Crippen LogP contribution in [0, 0.1) is 5.41 Å². The van der Waals surface area contributed by atoms with Gasteiger partial charge >= 0.3 is 6.03 Å². The van der Waals surface area contributed by atoms with Crippen molar-refractivity contribution in [2.75, 3.05) is 0 Å². The third kappa shape index (κ3) is 2.09. The molecule has 4 amide bonds.